The summed E-state index contributed by atoms with van der Waals surface area (Å²) in [5, 5.41) is 3.06. The Hall–Kier alpha value is -2.64. The van der Waals surface area contributed by atoms with Gasteiger partial charge in [0, 0.05) is 32.0 Å². The van der Waals surface area contributed by atoms with Crippen molar-refractivity contribution in [3.63, 3.8) is 0 Å². The van der Waals surface area contributed by atoms with Crippen molar-refractivity contribution in [3.05, 3.63) is 53.9 Å². The van der Waals surface area contributed by atoms with Crippen LogP contribution in [0.25, 0.3) is 0 Å². The highest BCUT2D eigenvalue weighted by molar-refractivity contribution is 5.97. The van der Waals surface area contributed by atoms with Gasteiger partial charge in [-0.1, -0.05) is 12.1 Å². The van der Waals surface area contributed by atoms with Crippen LogP contribution in [0.1, 0.15) is 22.0 Å². The van der Waals surface area contributed by atoms with E-state index in [0.717, 1.165) is 18.7 Å². The van der Waals surface area contributed by atoms with Crippen molar-refractivity contribution in [1.82, 2.24) is 15.2 Å². The Labute approximate surface area is 158 Å². The lowest BCUT2D eigenvalue weighted by Gasteiger charge is -2.34. The van der Waals surface area contributed by atoms with E-state index < -0.39 is 0 Å². The number of nitrogens with one attached hydrogen (secondary N) is 1. The van der Waals surface area contributed by atoms with E-state index in [4.69, 9.17) is 14.2 Å². The van der Waals surface area contributed by atoms with E-state index >= 15 is 0 Å². The Balaban J connectivity index is 1.50. The standard InChI is InChI=1S/C20H23N3O4/c24-20(16-4-1-5-18-19(16)27-12-11-26-18)22-14-17(15-3-2-6-21-13-15)23-7-9-25-10-8-23/h1-6,13,17H,7-12,14H2,(H,22,24)/t17-/m0/s1. The Bertz CT molecular complexity index is 778. The number of benzene rings is 1. The number of fused-ring (bicyclic) bond motifs is 1. The molecule has 2 aromatic rings. The fraction of sp³-hybridized carbons (Fsp3) is 0.400. The first-order chi connectivity index (χ1) is 13.3. The lowest BCUT2D eigenvalue weighted by Crippen LogP contribution is -2.44. The molecule has 1 saturated heterocycles. The average molecular weight is 369 g/mol. The minimum atomic E-state index is -0.167. The molecule has 0 radical (unpaired) electrons. The molecular weight excluding hydrogens is 346 g/mol. The molecule has 1 aromatic heterocycles. The highest BCUT2D eigenvalue weighted by Gasteiger charge is 2.25. The third-order valence-electron chi connectivity index (χ3n) is 4.82. The predicted molar refractivity (Wildman–Crippen MR) is 99.1 cm³/mol. The summed E-state index contributed by atoms with van der Waals surface area (Å²) in [6, 6.07) is 9.39. The smallest absolute Gasteiger partial charge is 0.255 e. The first-order valence-electron chi connectivity index (χ1n) is 9.21. The molecule has 1 N–H and O–H groups in total. The first kappa shape index (κ1) is 17.8. The van der Waals surface area contributed by atoms with E-state index in [-0.39, 0.29) is 11.9 Å². The molecule has 27 heavy (non-hydrogen) atoms. The Kier molecular flexibility index (Phi) is 5.50. The zero-order valence-corrected chi connectivity index (χ0v) is 15.1. The van der Waals surface area contributed by atoms with Crippen molar-refractivity contribution in [3.8, 4) is 11.5 Å². The second kappa shape index (κ2) is 8.37. The van der Waals surface area contributed by atoms with Gasteiger partial charge >= 0.3 is 0 Å². The molecule has 0 saturated carbocycles. The lowest BCUT2D eigenvalue weighted by molar-refractivity contribution is 0.0161. The summed E-state index contributed by atoms with van der Waals surface area (Å²) in [7, 11) is 0. The van der Waals surface area contributed by atoms with Gasteiger partial charge in [-0.25, -0.2) is 0 Å². The Morgan fingerprint density at radius 3 is 2.78 bits per heavy atom. The maximum Gasteiger partial charge on any atom is 0.255 e. The number of hydrogen-bond donors (Lipinski definition) is 1. The monoisotopic (exact) mass is 369 g/mol. The number of para-hydroxylation sites is 1. The van der Waals surface area contributed by atoms with Crippen LogP contribution in [0.3, 0.4) is 0 Å². The fourth-order valence-electron chi connectivity index (χ4n) is 3.46. The predicted octanol–water partition coefficient (Wildman–Crippen LogP) is 1.66. The zero-order valence-electron chi connectivity index (χ0n) is 15.1. The number of amides is 1. The lowest BCUT2D eigenvalue weighted by atomic mass is 10.1. The van der Waals surface area contributed by atoms with Crippen LogP contribution in [0, 0.1) is 0 Å². The van der Waals surface area contributed by atoms with Crippen LogP contribution in [0.2, 0.25) is 0 Å². The summed E-state index contributed by atoms with van der Waals surface area (Å²) in [5.74, 6) is 0.968. The van der Waals surface area contributed by atoms with Gasteiger partial charge in [-0.2, -0.15) is 0 Å². The zero-order chi connectivity index (χ0) is 18.5. The second-order valence-electron chi connectivity index (χ2n) is 6.49. The normalized spacial score (nSPS) is 17.9. The van der Waals surface area contributed by atoms with Crippen LogP contribution in [-0.4, -0.2) is 61.9 Å². The number of pyridine rings is 1. The third kappa shape index (κ3) is 4.04. The van der Waals surface area contributed by atoms with E-state index in [1.165, 1.54) is 0 Å². The fourth-order valence-corrected chi connectivity index (χ4v) is 3.46. The van der Waals surface area contributed by atoms with Gasteiger partial charge in [-0.3, -0.25) is 14.7 Å². The molecule has 7 nitrogen and oxygen atoms in total. The second-order valence-corrected chi connectivity index (χ2v) is 6.49. The minimum Gasteiger partial charge on any atom is -0.486 e. The molecule has 142 valence electrons. The number of ether oxygens (including phenoxy) is 3. The van der Waals surface area contributed by atoms with E-state index in [1.807, 2.05) is 30.5 Å². The van der Waals surface area contributed by atoms with Gasteiger partial charge in [0.05, 0.1) is 24.8 Å². The maximum atomic E-state index is 12.8. The summed E-state index contributed by atoms with van der Waals surface area (Å²) >= 11 is 0. The van der Waals surface area contributed by atoms with Crippen molar-refractivity contribution in [2.45, 2.75) is 6.04 Å². The average Bonchev–Trinajstić information content (AvgIpc) is 2.75. The molecule has 7 heteroatoms. The van der Waals surface area contributed by atoms with Gasteiger partial charge in [0.2, 0.25) is 0 Å². The van der Waals surface area contributed by atoms with Gasteiger partial charge in [0.1, 0.15) is 13.2 Å². The van der Waals surface area contributed by atoms with Crippen LogP contribution in [-0.2, 0) is 4.74 Å². The van der Waals surface area contributed by atoms with Crippen LogP contribution in [0.5, 0.6) is 11.5 Å². The summed E-state index contributed by atoms with van der Waals surface area (Å²) < 4.78 is 16.7. The van der Waals surface area contributed by atoms with Crippen LogP contribution < -0.4 is 14.8 Å². The number of carbonyl (C=O) groups is 1. The van der Waals surface area contributed by atoms with Gasteiger partial charge < -0.3 is 19.5 Å². The van der Waals surface area contributed by atoms with Crippen molar-refractivity contribution in [1.29, 1.82) is 0 Å². The van der Waals surface area contributed by atoms with Gasteiger partial charge in [-0.15, -0.1) is 0 Å². The molecule has 0 unspecified atom stereocenters. The number of nitrogens with zero attached hydrogens (tertiary/aromatic N) is 2. The van der Waals surface area contributed by atoms with Gasteiger partial charge in [-0.05, 0) is 23.8 Å². The number of rotatable bonds is 5. The van der Waals surface area contributed by atoms with Crippen molar-refractivity contribution in [2.24, 2.45) is 0 Å². The van der Waals surface area contributed by atoms with E-state index in [0.29, 0.717) is 50.0 Å². The quantitative estimate of drug-likeness (QED) is 0.864. The molecule has 0 bridgehead atoms. The summed E-state index contributed by atoms with van der Waals surface area (Å²) in [6.45, 7) is 4.47. The molecule has 3 heterocycles. The van der Waals surface area contributed by atoms with E-state index in [2.05, 4.69) is 15.2 Å². The highest BCUT2D eigenvalue weighted by Crippen LogP contribution is 2.33. The third-order valence-corrected chi connectivity index (χ3v) is 4.82. The summed E-state index contributed by atoms with van der Waals surface area (Å²) in [5.41, 5.74) is 1.58. The number of carbonyl (C=O) groups excluding carboxylic acids is 1. The molecular formula is C20H23N3O4. The topological polar surface area (TPSA) is 72.9 Å². The molecule has 0 spiro atoms. The largest absolute Gasteiger partial charge is 0.486 e. The molecule has 1 aromatic carbocycles. The van der Waals surface area contributed by atoms with Crippen molar-refractivity contribution in [2.75, 3.05) is 46.1 Å². The number of hydrogen-bond acceptors (Lipinski definition) is 6. The molecule has 1 amide bonds. The van der Waals surface area contributed by atoms with E-state index in [9.17, 15) is 4.79 Å². The first-order valence-corrected chi connectivity index (χ1v) is 9.21. The number of morpholine rings is 1. The van der Waals surface area contributed by atoms with Crippen LogP contribution >= 0.6 is 0 Å². The Morgan fingerprint density at radius 1 is 1.11 bits per heavy atom. The molecule has 4 rings (SSSR count). The van der Waals surface area contributed by atoms with Crippen LogP contribution in [0.4, 0.5) is 0 Å². The molecule has 2 aliphatic rings. The maximum absolute atomic E-state index is 12.8. The number of aromatic nitrogens is 1. The SMILES string of the molecule is O=C(NC[C@@H](c1cccnc1)N1CCOCC1)c1cccc2c1OCCO2. The Morgan fingerprint density at radius 2 is 1.96 bits per heavy atom. The van der Waals surface area contributed by atoms with Crippen molar-refractivity contribution >= 4 is 5.91 Å². The summed E-state index contributed by atoms with van der Waals surface area (Å²) in [6.07, 6.45) is 3.61. The molecule has 0 aliphatic carbocycles. The molecule has 1 atom stereocenters. The van der Waals surface area contributed by atoms with Crippen LogP contribution in [0.15, 0.2) is 42.7 Å². The summed E-state index contributed by atoms with van der Waals surface area (Å²) in [4.78, 5) is 19.4. The van der Waals surface area contributed by atoms with Gasteiger partial charge in [0.15, 0.2) is 11.5 Å². The molecule has 2 aliphatic heterocycles. The minimum absolute atomic E-state index is 0.0447. The van der Waals surface area contributed by atoms with E-state index in [1.54, 1.807) is 12.3 Å². The highest BCUT2D eigenvalue weighted by atomic mass is 16.6. The van der Waals surface area contributed by atoms with Crippen molar-refractivity contribution < 1.29 is 19.0 Å². The molecule has 1 fully saturated rings. The van der Waals surface area contributed by atoms with Gasteiger partial charge in [0.25, 0.3) is 5.91 Å².